The number of sulfonamides is 1. The van der Waals surface area contributed by atoms with Gasteiger partial charge >= 0.3 is 0 Å². The van der Waals surface area contributed by atoms with Crippen LogP contribution in [0.25, 0.3) is 0 Å². The standard InChI is InChI=1S/C17H19N5O2S/c1-13-19-8-9-22(13)12-15-5-2-4-14(10-15)11-21-17-16(25(18,23)24)6-3-7-20-17/h2-10H,11-12H2,1H3,(H,20,21)(H2,18,23,24). The second-order valence-corrected chi connectivity index (χ2v) is 7.20. The predicted molar refractivity (Wildman–Crippen MR) is 95.4 cm³/mol. The summed E-state index contributed by atoms with van der Waals surface area (Å²) in [5.74, 6) is 1.20. The zero-order chi connectivity index (χ0) is 17.9. The number of hydrogen-bond donors (Lipinski definition) is 2. The number of pyridine rings is 1. The van der Waals surface area contributed by atoms with Crippen molar-refractivity contribution >= 4 is 15.8 Å². The van der Waals surface area contributed by atoms with Gasteiger partial charge in [-0.2, -0.15) is 0 Å². The molecule has 0 saturated heterocycles. The summed E-state index contributed by atoms with van der Waals surface area (Å²) in [7, 11) is -3.82. The number of benzene rings is 1. The number of hydrogen-bond acceptors (Lipinski definition) is 5. The maximum atomic E-state index is 11.6. The molecule has 0 fully saturated rings. The molecule has 1 aromatic carbocycles. The summed E-state index contributed by atoms with van der Waals surface area (Å²) in [5.41, 5.74) is 2.15. The van der Waals surface area contributed by atoms with E-state index in [1.54, 1.807) is 12.3 Å². The Kier molecular flexibility index (Phi) is 4.82. The number of nitrogens with zero attached hydrogens (tertiary/aromatic N) is 3. The molecule has 3 rings (SSSR count). The first-order valence-electron chi connectivity index (χ1n) is 7.71. The Morgan fingerprint density at radius 1 is 1.12 bits per heavy atom. The van der Waals surface area contributed by atoms with Crippen LogP contribution in [0.15, 0.2) is 59.9 Å². The average molecular weight is 357 g/mol. The predicted octanol–water partition coefficient (Wildman–Crippen LogP) is 1.89. The van der Waals surface area contributed by atoms with Crippen molar-refractivity contribution in [3.63, 3.8) is 0 Å². The maximum absolute atomic E-state index is 11.6. The maximum Gasteiger partial charge on any atom is 0.241 e. The Labute approximate surface area is 146 Å². The molecule has 0 amide bonds. The van der Waals surface area contributed by atoms with Gasteiger partial charge in [0.15, 0.2) is 0 Å². The molecular weight excluding hydrogens is 338 g/mol. The third-order valence-electron chi connectivity index (χ3n) is 3.81. The SMILES string of the molecule is Cc1nccn1Cc1cccc(CNc2ncccc2S(N)(=O)=O)c1. The molecular formula is C17H19N5O2S. The van der Waals surface area contributed by atoms with E-state index in [1.807, 2.05) is 31.3 Å². The number of nitrogens with one attached hydrogen (secondary N) is 1. The van der Waals surface area contributed by atoms with Crippen molar-refractivity contribution in [3.05, 3.63) is 71.9 Å². The van der Waals surface area contributed by atoms with Gasteiger partial charge in [0.05, 0.1) is 0 Å². The lowest BCUT2D eigenvalue weighted by molar-refractivity contribution is 0.597. The minimum atomic E-state index is -3.82. The van der Waals surface area contributed by atoms with Crippen molar-refractivity contribution in [2.45, 2.75) is 24.9 Å². The van der Waals surface area contributed by atoms with Gasteiger partial charge in [-0.25, -0.2) is 23.5 Å². The fraction of sp³-hybridized carbons (Fsp3) is 0.176. The Morgan fingerprint density at radius 3 is 2.64 bits per heavy atom. The van der Waals surface area contributed by atoms with E-state index < -0.39 is 10.0 Å². The Morgan fingerprint density at radius 2 is 1.92 bits per heavy atom. The first kappa shape index (κ1) is 17.1. The van der Waals surface area contributed by atoms with Crippen molar-refractivity contribution in [3.8, 4) is 0 Å². The molecule has 0 radical (unpaired) electrons. The minimum Gasteiger partial charge on any atom is -0.365 e. The number of imidazole rings is 1. The van der Waals surface area contributed by atoms with Crippen molar-refractivity contribution in [2.24, 2.45) is 5.14 Å². The van der Waals surface area contributed by atoms with Gasteiger partial charge in [0.1, 0.15) is 16.5 Å². The summed E-state index contributed by atoms with van der Waals surface area (Å²) >= 11 is 0. The van der Waals surface area contributed by atoms with E-state index in [0.717, 1.165) is 23.5 Å². The molecule has 0 bridgehead atoms. The number of primary sulfonamides is 1. The highest BCUT2D eigenvalue weighted by Crippen LogP contribution is 2.17. The molecule has 0 unspecified atom stereocenters. The minimum absolute atomic E-state index is 0.0137. The summed E-state index contributed by atoms with van der Waals surface area (Å²) in [6.45, 7) is 3.13. The molecule has 2 aromatic heterocycles. The van der Waals surface area contributed by atoms with Gasteiger partial charge in [-0.15, -0.1) is 0 Å². The van der Waals surface area contributed by atoms with E-state index in [1.165, 1.54) is 12.3 Å². The summed E-state index contributed by atoms with van der Waals surface area (Å²) in [6.07, 6.45) is 5.23. The molecule has 0 saturated carbocycles. The van der Waals surface area contributed by atoms with E-state index in [9.17, 15) is 8.42 Å². The first-order chi connectivity index (χ1) is 11.9. The summed E-state index contributed by atoms with van der Waals surface area (Å²) in [5, 5.41) is 8.27. The fourth-order valence-corrected chi connectivity index (χ4v) is 3.21. The number of nitrogens with two attached hydrogens (primary N) is 1. The van der Waals surface area contributed by atoms with Crippen LogP contribution in [0.1, 0.15) is 17.0 Å². The lowest BCUT2D eigenvalue weighted by atomic mass is 10.1. The van der Waals surface area contributed by atoms with Crippen LogP contribution in [0.5, 0.6) is 0 Å². The highest BCUT2D eigenvalue weighted by atomic mass is 32.2. The number of rotatable bonds is 6. The van der Waals surface area contributed by atoms with Crippen LogP contribution in [-0.4, -0.2) is 23.0 Å². The number of aryl methyl sites for hydroxylation is 1. The molecule has 0 aliphatic rings. The monoisotopic (exact) mass is 357 g/mol. The second-order valence-electron chi connectivity index (χ2n) is 5.67. The lowest BCUT2D eigenvalue weighted by Gasteiger charge is -2.11. The highest BCUT2D eigenvalue weighted by Gasteiger charge is 2.14. The van der Waals surface area contributed by atoms with Gasteiger partial charge in [-0.3, -0.25) is 0 Å². The van der Waals surface area contributed by atoms with Gasteiger partial charge in [-0.05, 0) is 30.2 Å². The lowest BCUT2D eigenvalue weighted by Crippen LogP contribution is -2.16. The van der Waals surface area contributed by atoms with E-state index in [4.69, 9.17) is 5.14 Å². The van der Waals surface area contributed by atoms with Gasteiger partial charge in [-0.1, -0.05) is 24.3 Å². The summed E-state index contributed by atoms with van der Waals surface area (Å²) < 4.78 is 25.3. The van der Waals surface area contributed by atoms with Crippen molar-refractivity contribution in [1.29, 1.82) is 0 Å². The molecule has 0 spiro atoms. The van der Waals surface area contributed by atoms with E-state index in [0.29, 0.717) is 6.54 Å². The van der Waals surface area contributed by atoms with E-state index in [2.05, 4.69) is 25.9 Å². The molecule has 0 atom stereocenters. The van der Waals surface area contributed by atoms with Gasteiger partial charge < -0.3 is 9.88 Å². The van der Waals surface area contributed by atoms with Crippen LogP contribution in [0.2, 0.25) is 0 Å². The smallest absolute Gasteiger partial charge is 0.241 e. The molecule has 7 nitrogen and oxygen atoms in total. The van der Waals surface area contributed by atoms with E-state index >= 15 is 0 Å². The van der Waals surface area contributed by atoms with Crippen LogP contribution < -0.4 is 10.5 Å². The average Bonchev–Trinajstić information content (AvgIpc) is 2.98. The number of aromatic nitrogens is 3. The quantitative estimate of drug-likeness (QED) is 0.701. The zero-order valence-corrected chi connectivity index (χ0v) is 14.6. The first-order valence-corrected chi connectivity index (χ1v) is 9.25. The van der Waals surface area contributed by atoms with Crippen molar-refractivity contribution in [1.82, 2.24) is 14.5 Å². The molecule has 0 aliphatic heterocycles. The van der Waals surface area contributed by atoms with Crippen LogP contribution >= 0.6 is 0 Å². The molecule has 25 heavy (non-hydrogen) atoms. The molecule has 8 heteroatoms. The molecule has 0 aliphatic carbocycles. The summed E-state index contributed by atoms with van der Waals surface area (Å²) in [6, 6.07) is 11.0. The van der Waals surface area contributed by atoms with Crippen molar-refractivity contribution < 1.29 is 8.42 Å². The van der Waals surface area contributed by atoms with Crippen LogP contribution in [0, 0.1) is 6.92 Å². The molecule has 3 aromatic rings. The molecule has 2 heterocycles. The van der Waals surface area contributed by atoms with E-state index in [-0.39, 0.29) is 10.7 Å². The summed E-state index contributed by atoms with van der Waals surface area (Å²) in [4.78, 5) is 8.28. The highest BCUT2D eigenvalue weighted by molar-refractivity contribution is 7.89. The van der Waals surface area contributed by atoms with Gasteiger partial charge in [0.2, 0.25) is 10.0 Å². The normalized spacial score (nSPS) is 11.4. The van der Waals surface area contributed by atoms with Crippen LogP contribution in [0.4, 0.5) is 5.82 Å². The van der Waals surface area contributed by atoms with Gasteiger partial charge in [0.25, 0.3) is 0 Å². The fourth-order valence-electron chi connectivity index (χ4n) is 2.54. The molecule has 130 valence electrons. The largest absolute Gasteiger partial charge is 0.365 e. The Balaban J connectivity index is 1.75. The van der Waals surface area contributed by atoms with Crippen LogP contribution in [0.3, 0.4) is 0 Å². The zero-order valence-electron chi connectivity index (χ0n) is 13.8. The third kappa shape index (κ3) is 4.23. The number of anilines is 1. The Hall–Kier alpha value is -2.71. The van der Waals surface area contributed by atoms with Gasteiger partial charge in [0, 0.05) is 31.7 Å². The third-order valence-corrected chi connectivity index (χ3v) is 4.75. The molecule has 3 N–H and O–H groups in total. The van der Waals surface area contributed by atoms with Crippen LogP contribution in [-0.2, 0) is 23.1 Å². The second kappa shape index (κ2) is 7.04. The van der Waals surface area contributed by atoms with Crippen molar-refractivity contribution in [2.75, 3.05) is 5.32 Å². The Bertz CT molecular complexity index is 982. The topological polar surface area (TPSA) is 103 Å².